The van der Waals surface area contributed by atoms with Crippen LogP contribution in [0, 0.1) is 0 Å². The van der Waals surface area contributed by atoms with E-state index < -0.39 is 11.8 Å². The number of carbonyl (C=O) groups is 2. The molecule has 3 aromatic rings. The Kier molecular flexibility index (Phi) is 6.23. The van der Waals surface area contributed by atoms with Gasteiger partial charge in [-0.15, -0.1) is 0 Å². The molecule has 2 N–H and O–H groups in total. The van der Waals surface area contributed by atoms with Crippen molar-refractivity contribution in [3.05, 3.63) is 79.6 Å². The minimum Gasteiger partial charge on any atom is -0.463 e. The van der Waals surface area contributed by atoms with E-state index in [1.165, 1.54) is 18.5 Å². The number of nitrogens with zero attached hydrogens (tertiary/aromatic N) is 1. The Hall–Kier alpha value is -2.97. The van der Waals surface area contributed by atoms with Crippen LogP contribution in [0.1, 0.15) is 15.9 Å². The SMILES string of the molecule is O=C(CNC(=O)c1cccc(Br)c1)N/N=C\c1coc2ccc(Cl)cc2c1=O. The highest BCUT2D eigenvalue weighted by atomic mass is 79.9. The molecule has 7 nitrogen and oxygen atoms in total. The van der Waals surface area contributed by atoms with E-state index in [1.807, 2.05) is 0 Å². The molecule has 2 amide bonds. The Labute approximate surface area is 172 Å². The number of benzene rings is 2. The lowest BCUT2D eigenvalue weighted by atomic mass is 10.2. The lowest BCUT2D eigenvalue weighted by Crippen LogP contribution is -2.35. The third kappa shape index (κ3) is 4.85. The average Bonchev–Trinajstić information content (AvgIpc) is 2.68. The fourth-order valence-electron chi connectivity index (χ4n) is 2.31. The molecule has 3 rings (SSSR count). The Morgan fingerprint density at radius 3 is 2.82 bits per heavy atom. The minimum absolute atomic E-state index is 0.147. The standard InChI is InChI=1S/C19H13BrClN3O4/c20-13-3-1-2-11(6-13)19(27)22-9-17(25)24-23-8-12-10-28-16-5-4-14(21)7-15(16)18(12)26/h1-8,10H,9H2,(H,22,27)(H,24,25)/b23-8-. The van der Waals surface area contributed by atoms with E-state index in [1.54, 1.807) is 36.4 Å². The number of hydrazone groups is 1. The van der Waals surface area contributed by atoms with Gasteiger partial charge in [-0.05, 0) is 36.4 Å². The molecule has 142 valence electrons. The third-order valence-electron chi connectivity index (χ3n) is 3.65. The van der Waals surface area contributed by atoms with Crippen molar-refractivity contribution in [2.75, 3.05) is 6.54 Å². The van der Waals surface area contributed by atoms with Crippen LogP contribution in [0.4, 0.5) is 0 Å². The number of carbonyl (C=O) groups excluding carboxylic acids is 2. The molecule has 0 bridgehead atoms. The van der Waals surface area contributed by atoms with Gasteiger partial charge < -0.3 is 9.73 Å². The molecule has 0 fully saturated rings. The summed E-state index contributed by atoms with van der Waals surface area (Å²) < 4.78 is 6.10. The van der Waals surface area contributed by atoms with Crippen molar-refractivity contribution >= 4 is 56.5 Å². The second kappa shape index (κ2) is 8.81. The predicted octanol–water partition coefficient (Wildman–Crippen LogP) is 3.09. The fraction of sp³-hybridized carbons (Fsp3) is 0.0526. The second-order valence-electron chi connectivity index (χ2n) is 5.65. The molecule has 0 atom stereocenters. The van der Waals surface area contributed by atoms with Gasteiger partial charge in [0.1, 0.15) is 11.8 Å². The van der Waals surface area contributed by atoms with Crippen molar-refractivity contribution < 1.29 is 14.0 Å². The van der Waals surface area contributed by atoms with E-state index in [-0.39, 0.29) is 17.5 Å². The Morgan fingerprint density at radius 2 is 2.04 bits per heavy atom. The molecule has 0 unspecified atom stereocenters. The summed E-state index contributed by atoms with van der Waals surface area (Å²) >= 11 is 9.17. The van der Waals surface area contributed by atoms with E-state index in [9.17, 15) is 14.4 Å². The van der Waals surface area contributed by atoms with Crippen LogP contribution >= 0.6 is 27.5 Å². The summed E-state index contributed by atoms with van der Waals surface area (Å²) in [5.41, 5.74) is 2.86. The Bertz CT molecular complexity index is 1140. The Balaban J connectivity index is 1.59. The van der Waals surface area contributed by atoms with Gasteiger partial charge in [0.2, 0.25) is 5.43 Å². The molecule has 1 aromatic heterocycles. The van der Waals surface area contributed by atoms with E-state index in [0.29, 0.717) is 21.6 Å². The fourth-order valence-corrected chi connectivity index (χ4v) is 2.88. The molecule has 0 aliphatic heterocycles. The number of rotatable bonds is 5. The predicted molar refractivity (Wildman–Crippen MR) is 110 cm³/mol. The first kappa shape index (κ1) is 19.8. The van der Waals surface area contributed by atoms with Crippen molar-refractivity contribution in [2.45, 2.75) is 0 Å². The van der Waals surface area contributed by atoms with E-state index in [0.717, 1.165) is 4.47 Å². The molecule has 0 saturated heterocycles. The summed E-state index contributed by atoms with van der Waals surface area (Å²) in [4.78, 5) is 36.2. The molecule has 0 aliphatic rings. The number of hydrogen-bond donors (Lipinski definition) is 2. The second-order valence-corrected chi connectivity index (χ2v) is 7.00. The lowest BCUT2D eigenvalue weighted by molar-refractivity contribution is -0.120. The van der Waals surface area contributed by atoms with Crippen molar-refractivity contribution in [1.29, 1.82) is 0 Å². The highest BCUT2D eigenvalue weighted by molar-refractivity contribution is 9.10. The maximum Gasteiger partial charge on any atom is 0.259 e. The molecule has 9 heteroatoms. The van der Waals surface area contributed by atoms with Crippen LogP contribution in [0.2, 0.25) is 5.02 Å². The number of hydrogen-bond acceptors (Lipinski definition) is 5. The van der Waals surface area contributed by atoms with E-state index >= 15 is 0 Å². The molecule has 0 aliphatic carbocycles. The van der Waals surface area contributed by atoms with Crippen molar-refractivity contribution in [3.8, 4) is 0 Å². The van der Waals surface area contributed by atoms with Gasteiger partial charge in [-0.2, -0.15) is 5.10 Å². The van der Waals surface area contributed by atoms with Crippen molar-refractivity contribution in [2.24, 2.45) is 5.10 Å². The quantitative estimate of drug-likeness (QED) is 0.449. The third-order valence-corrected chi connectivity index (χ3v) is 4.38. The molecule has 28 heavy (non-hydrogen) atoms. The van der Waals surface area contributed by atoms with Crippen LogP contribution in [-0.2, 0) is 4.79 Å². The van der Waals surface area contributed by atoms with Crippen LogP contribution in [0.25, 0.3) is 11.0 Å². The number of amides is 2. The molecular weight excluding hydrogens is 450 g/mol. The average molecular weight is 463 g/mol. The Morgan fingerprint density at radius 1 is 1.21 bits per heavy atom. The largest absolute Gasteiger partial charge is 0.463 e. The summed E-state index contributed by atoms with van der Waals surface area (Å²) in [5.74, 6) is -0.944. The topological polar surface area (TPSA) is 101 Å². The van der Waals surface area contributed by atoms with Crippen LogP contribution in [0.3, 0.4) is 0 Å². The molecule has 2 aromatic carbocycles. The van der Waals surface area contributed by atoms with Crippen LogP contribution in [-0.4, -0.2) is 24.6 Å². The van der Waals surface area contributed by atoms with Crippen LogP contribution < -0.4 is 16.2 Å². The first-order valence-corrected chi connectivity index (χ1v) is 9.18. The summed E-state index contributed by atoms with van der Waals surface area (Å²) in [6.45, 7) is -0.273. The number of halogens is 2. The van der Waals surface area contributed by atoms with Gasteiger partial charge in [-0.1, -0.05) is 33.6 Å². The van der Waals surface area contributed by atoms with Gasteiger partial charge in [0.25, 0.3) is 11.8 Å². The maximum absolute atomic E-state index is 12.4. The first-order valence-electron chi connectivity index (χ1n) is 8.01. The van der Waals surface area contributed by atoms with E-state index in [2.05, 4.69) is 31.8 Å². The van der Waals surface area contributed by atoms with Crippen molar-refractivity contribution in [1.82, 2.24) is 10.7 Å². The molecule has 0 spiro atoms. The lowest BCUT2D eigenvalue weighted by Gasteiger charge is -2.04. The van der Waals surface area contributed by atoms with Crippen LogP contribution in [0.15, 0.2) is 67.5 Å². The first-order chi connectivity index (χ1) is 13.4. The maximum atomic E-state index is 12.4. The number of nitrogens with one attached hydrogen (secondary N) is 2. The normalized spacial score (nSPS) is 10.9. The van der Waals surface area contributed by atoms with Gasteiger partial charge in [0, 0.05) is 15.1 Å². The minimum atomic E-state index is -0.548. The molecule has 0 radical (unpaired) electrons. The monoisotopic (exact) mass is 461 g/mol. The molecule has 0 saturated carbocycles. The zero-order valence-corrected chi connectivity index (χ0v) is 16.6. The summed E-state index contributed by atoms with van der Waals surface area (Å²) in [5, 5.41) is 6.91. The number of fused-ring (bicyclic) bond motifs is 1. The van der Waals surface area contributed by atoms with Gasteiger partial charge >= 0.3 is 0 Å². The smallest absolute Gasteiger partial charge is 0.259 e. The summed E-state index contributed by atoms with van der Waals surface area (Å²) in [6.07, 6.45) is 2.41. The molecule has 1 heterocycles. The summed E-state index contributed by atoms with van der Waals surface area (Å²) in [6, 6.07) is 11.5. The van der Waals surface area contributed by atoms with E-state index in [4.69, 9.17) is 16.0 Å². The zero-order valence-electron chi connectivity index (χ0n) is 14.2. The van der Waals surface area contributed by atoms with Crippen LogP contribution in [0.5, 0.6) is 0 Å². The zero-order chi connectivity index (χ0) is 20.1. The summed E-state index contributed by atoms with van der Waals surface area (Å²) in [7, 11) is 0. The van der Waals surface area contributed by atoms with Gasteiger partial charge in [0.05, 0.1) is 23.7 Å². The highest BCUT2D eigenvalue weighted by Gasteiger charge is 2.09. The van der Waals surface area contributed by atoms with Gasteiger partial charge in [0.15, 0.2) is 0 Å². The molecular formula is C19H13BrClN3O4. The van der Waals surface area contributed by atoms with Crippen molar-refractivity contribution in [3.63, 3.8) is 0 Å². The highest BCUT2D eigenvalue weighted by Crippen LogP contribution is 2.16. The van der Waals surface area contributed by atoms with Gasteiger partial charge in [-0.25, -0.2) is 5.43 Å². The van der Waals surface area contributed by atoms with Gasteiger partial charge in [-0.3, -0.25) is 14.4 Å².